The van der Waals surface area contributed by atoms with Gasteiger partial charge in [-0.3, -0.25) is 14.2 Å². The smallest absolute Gasteiger partial charge is 0.237 e. The number of hydrogen-bond donors (Lipinski definition) is 1. The Balaban J connectivity index is 1.47. The van der Waals surface area contributed by atoms with E-state index >= 15 is 0 Å². The molecule has 0 saturated heterocycles. The number of nitrogens with zero attached hydrogens (tertiary/aromatic N) is 4. The zero-order valence-electron chi connectivity index (χ0n) is 18.6. The maximum Gasteiger partial charge on any atom is 0.237 e. The number of amides is 2. The van der Waals surface area contributed by atoms with Crippen molar-refractivity contribution >= 4 is 35.0 Å². The number of halogens is 1. The highest BCUT2D eigenvalue weighted by Gasteiger charge is 2.29. The van der Waals surface area contributed by atoms with E-state index in [0.29, 0.717) is 34.6 Å². The van der Waals surface area contributed by atoms with Crippen LogP contribution < -0.4 is 15.0 Å². The van der Waals surface area contributed by atoms with Gasteiger partial charge in [-0.1, -0.05) is 30.0 Å². The molecule has 0 spiro atoms. The van der Waals surface area contributed by atoms with E-state index in [1.54, 1.807) is 17.0 Å². The first-order valence-electron chi connectivity index (χ1n) is 10.7. The number of fused-ring (bicyclic) bond motifs is 1. The molecule has 0 radical (unpaired) electrons. The van der Waals surface area contributed by atoms with Crippen molar-refractivity contribution in [2.45, 2.75) is 37.7 Å². The first-order chi connectivity index (χ1) is 16.5. The summed E-state index contributed by atoms with van der Waals surface area (Å²) in [5, 5.41) is 11.8. The Kier molecular flexibility index (Phi) is 7.27. The zero-order chi connectivity index (χ0) is 24.1. The second-order valence-electron chi connectivity index (χ2n) is 7.71. The zero-order valence-corrected chi connectivity index (χ0v) is 19.4. The van der Waals surface area contributed by atoms with Crippen LogP contribution in [0.4, 0.5) is 15.8 Å². The number of carbonyl (C=O) groups is 2. The van der Waals surface area contributed by atoms with Crippen LogP contribution in [0.15, 0.2) is 66.3 Å². The van der Waals surface area contributed by atoms with Crippen LogP contribution in [0.3, 0.4) is 0 Å². The normalized spacial score (nSPS) is 15.3. The molecule has 1 unspecified atom stereocenters. The summed E-state index contributed by atoms with van der Waals surface area (Å²) in [6.45, 7) is 6.21. The summed E-state index contributed by atoms with van der Waals surface area (Å²) >= 11 is 1.26. The average Bonchev–Trinajstić information content (AvgIpc) is 3.14. The lowest BCUT2D eigenvalue weighted by molar-refractivity contribution is -0.117. The molecule has 34 heavy (non-hydrogen) atoms. The summed E-state index contributed by atoms with van der Waals surface area (Å²) in [5.41, 5.74) is 1.29. The SMILES string of the molecule is C=CCn1c(COc2ccc(F)cc2)nnc1SCC(=O)N1c2ccccc2NC(=O)CC1C. The van der Waals surface area contributed by atoms with Crippen LogP contribution in [-0.2, 0) is 22.7 Å². The van der Waals surface area contributed by atoms with E-state index in [-0.39, 0.29) is 42.5 Å². The van der Waals surface area contributed by atoms with Gasteiger partial charge in [0.05, 0.1) is 17.1 Å². The molecule has 2 aromatic carbocycles. The number of carbonyl (C=O) groups excluding carboxylic acids is 2. The fourth-order valence-electron chi connectivity index (χ4n) is 3.69. The van der Waals surface area contributed by atoms with E-state index in [0.717, 1.165) is 0 Å². The van der Waals surface area contributed by atoms with Gasteiger partial charge in [0, 0.05) is 19.0 Å². The lowest BCUT2D eigenvalue weighted by Crippen LogP contribution is -2.40. The van der Waals surface area contributed by atoms with E-state index in [4.69, 9.17) is 4.74 Å². The molecule has 1 N–H and O–H groups in total. The Morgan fingerprint density at radius 2 is 2.03 bits per heavy atom. The van der Waals surface area contributed by atoms with Crippen LogP contribution in [0.2, 0.25) is 0 Å². The van der Waals surface area contributed by atoms with Crippen molar-refractivity contribution in [3.05, 3.63) is 72.8 Å². The number of aromatic nitrogens is 3. The number of anilines is 2. The molecule has 1 aliphatic rings. The molecule has 2 amide bonds. The van der Waals surface area contributed by atoms with Crippen LogP contribution in [0.1, 0.15) is 19.2 Å². The second kappa shape index (κ2) is 10.5. The number of allylic oxidation sites excluding steroid dienone is 1. The highest BCUT2D eigenvalue weighted by Crippen LogP contribution is 2.32. The molecular formula is C24H24FN5O3S. The molecule has 0 saturated carbocycles. The van der Waals surface area contributed by atoms with Crippen molar-refractivity contribution in [2.75, 3.05) is 16.0 Å². The van der Waals surface area contributed by atoms with E-state index in [2.05, 4.69) is 22.1 Å². The standard InChI is InChI=1S/C24H24FN5O3S/c1-3-12-29-21(14-33-18-10-8-17(25)9-11-18)27-28-24(29)34-15-23(32)30-16(2)13-22(31)26-19-6-4-5-7-20(19)30/h3-11,16H,1,12-15H2,2H3,(H,26,31). The number of para-hydroxylation sites is 2. The number of hydrogen-bond acceptors (Lipinski definition) is 6. The van der Waals surface area contributed by atoms with Gasteiger partial charge in [0.1, 0.15) is 18.2 Å². The minimum Gasteiger partial charge on any atom is -0.486 e. The van der Waals surface area contributed by atoms with Gasteiger partial charge >= 0.3 is 0 Å². The molecule has 0 bridgehead atoms. The quantitative estimate of drug-likeness (QED) is 0.386. The van der Waals surface area contributed by atoms with Crippen molar-refractivity contribution in [1.29, 1.82) is 0 Å². The van der Waals surface area contributed by atoms with Gasteiger partial charge in [-0.15, -0.1) is 16.8 Å². The topological polar surface area (TPSA) is 89.3 Å². The third-order valence-electron chi connectivity index (χ3n) is 5.24. The molecule has 4 rings (SSSR count). The molecule has 0 aliphatic carbocycles. The van der Waals surface area contributed by atoms with Gasteiger partial charge < -0.3 is 15.0 Å². The predicted octanol–water partition coefficient (Wildman–Crippen LogP) is 4.04. The molecule has 176 valence electrons. The van der Waals surface area contributed by atoms with Crippen molar-refractivity contribution in [3.8, 4) is 5.75 Å². The Hall–Kier alpha value is -3.66. The minimum absolute atomic E-state index is 0.112. The van der Waals surface area contributed by atoms with Crippen molar-refractivity contribution in [3.63, 3.8) is 0 Å². The Labute approximate surface area is 200 Å². The van der Waals surface area contributed by atoms with Crippen molar-refractivity contribution in [1.82, 2.24) is 14.8 Å². The van der Waals surface area contributed by atoms with Gasteiger partial charge in [0.2, 0.25) is 11.8 Å². The van der Waals surface area contributed by atoms with E-state index in [1.807, 2.05) is 29.7 Å². The summed E-state index contributed by atoms with van der Waals surface area (Å²) in [4.78, 5) is 27.1. The number of rotatable bonds is 8. The molecular weight excluding hydrogens is 457 g/mol. The van der Waals surface area contributed by atoms with Gasteiger partial charge in [-0.25, -0.2) is 4.39 Å². The molecule has 0 fully saturated rings. The summed E-state index contributed by atoms with van der Waals surface area (Å²) in [6.07, 6.45) is 1.92. The first-order valence-corrected chi connectivity index (χ1v) is 11.7. The lowest BCUT2D eigenvalue weighted by Gasteiger charge is -2.27. The molecule has 2 heterocycles. The maximum absolute atomic E-state index is 13.3. The third kappa shape index (κ3) is 5.28. The van der Waals surface area contributed by atoms with Crippen LogP contribution in [0.25, 0.3) is 0 Å². The fraction of sp³-hybridized carbons (Fsp3) is 0.250. The number of thioether (sulfide) groups is 1. The Morgan fingerprint density at radius 1 is 1.26 bits per heavy atom. The number of benzene rings is 2. The molecule has 3 aromatic rings. The monoisotopic (exact) mass is 481 g/mol. The fourth-order valence-corrected chi connectivity index (χ4v) is 4.51. The van der Waals surface area contributed by atoms with Gasteiger partial charge in [0.15, 0.2) is 11.0 Å². The molecule has 1 aromatic heterocycles. The summed E-state index contributed by atoms with van der Waals surface area (Å²) in [6, 6.07) is 12.7. The number of nitrogens with one attached hydrogen (secondary N) is 1. The van der Waals surface area contributed by atoms with Crippen molar-refractivity contribution in [2.24, 2.45) is 0 Å². The summed E-state index contributed by atoms with van der Waals surface area (Å²) < 4.78 is 20.6. The van der Waals surface area contributed by atoms with Crippen LogP contribution in [0.5, 0.6) is 5.75 Å². The summed E-state index contributed by atoms with van der Waals surface area (Å²) in [7, 11) is 0. The third-order valence-corrected chi connectivity index (χ3v) is 6.19. The van der Waals surface area contributed by atoms with E-state index in [9.17, 15) is 14.0 Å². The largest absolute Gasteiger partial charge is 0.486 e. The predicted molar refractivity (Wildman–Crippen MR) is 128 cm³/mol. The molecule has 1 atom stereocenters. The van der Waals surface area contributed by atoms with E-state index < -0.39 is 0 Å². The molecule has 10 heteroatoms. The Bertz CT molecular complexity index is 1200. The van der Waals surface area contributed by atoms with Gasteiger partial charge in [-0.2, -0.15) is 0 Å². The maximum atomic E-state index is 13.3. The lowest BCUT2D eigenvalue weighted by atomic mass is 10.2. The number of ether oxygens (including phenoxy) is 1. The van der Waals surface area contributed by atoms with Crippen LogP contribution in [-0.4, -0.2) is 38.4 Å². The van der Waals surface area contributed by atoms with Crippen LogP contribution in [0, 0.1) is 5.82 Å². The average molecular weight is 482 g/mol. The van der Waals surface area contributed by atoms with E-state index in [1.165, 1.54) is 36.0 Å². The van der Waals surface area contributed by atoms with Gasteiger partial charge in [0.25, 0.3) is 0 Å². The Morgan fingerprint density at radius 3 is 2.79 bits per heavy atom. The van der Waals surface area contributed by atoms with Crippen molar-refractivity contribution < 1.29 is 18.7 Å². The summed E-state index contributed by atoms with van der Waals surface area (Å²) in [5.74, 6) is 0.574. The molecule has 1 aliphatic heterocycles. The molecule has 8 nitrogen and oxygen atoms in total. The first kappa shape index (κ1) is 23.5. The van der Waals surface area contributed by atoms with Gasteiger partial charge in [-0.05, 0) is 43.3 Å². The van der Waals surface area contributed by atoms with Crippen LogP contribution >= 0.6 is 11.8 Å². The minimum atomic E-state index is -0.341. The second-order valence-corrected chi connectivity index (χ2v) is 8.65. The highest BCUT2D eigenvalue weighted by atomic mass is 32.2. The highest BCUT2D eigenvalue weighted by molar-refractivity contribution is 7.99.